The number of halogens is 1. The molecule has 2 N–H and O–H groups in total. The van der Waals surface area contributed by atoms with Crippen LogP contribution in [0.25, 0.3) is 0 Å². The smallest absolute Gasteiger partial charge is 0.325 e. The van der Waals surface area contributed by atoms with E-state index >= 15 is 0 Å². The van der Waals surface area contributed by atoms with Crippen LogP contribution in [0.1, 0.15) is 25.5 Å². The molecule has 0 radical (unpaired) electrons. The van der Waals surface area contributed by atoms with Gasteiger partial charge in [-0.2, -0.15) is 4.39 Å². The quantitative estimate of drug-likeness (QED) is 0.750. The molecule has 1 rings (SSSR count). The molecule has 0 saturated carbocycles. The van der Waals surface area contributed by atoms with Crippen LogP contribution in [0.15, 0.2) is 4.79 Å². The van der Waals surface area contributed by atoms with Gasteiger partial charge in [0.15, 0.2) is 0 Å². The third-order valence-corrected chi connectivity index (χ3v) is 1.80. The Balaban J connectivity index is 3.15. The highest BCUT2D eigenvalue weighted by molar-refractivity contribution is 5.66. The van der Waals surface area contributed by atoms with Crippen LogP contribution in [0.3, 0.4) is 0 Å². The van der Waals surface area contributed by atoms with Crippen LogP contribution in [0.5, 0.6) is 0 Å². The lowest BCUT2D eigenvalue weighted by Crippen LogP contribution is -2.22. The first-order valence-corrected chi connectivity index (χ1v) is 4.13. The second kappa shape index (κ2) is 3.65. The second-order valence-corrected chi connectivity index (χ2v) is 3.28. The topological polar surface area (TPSA) is 75.1 Å². The summed E-state index contributed by atoms with van der Waals surface area (Å²) < 4.78 is 13.9. The average Bonchev–Trinajstić information content (AvgIpc) is 2.32. The predicted octanol–water partition coefficient (Wildman–Crippen LogP) is 0.524. The molecule has 0 bridgehead atoms. The van der Waals surface area contributed by atoms with Gasteiger partial charge in [-0.05, 0) is 5.92 Å². The Morgan fingerprint density at radius 1 is 1.64 bits per heavy atom. The van der Waals surface area contributed by atoms with Gasteiger partial charge in [0, 0.05) is 0 Å². The van der Waals surface area contributed by atoms with Crippen molar-refractivity contribution in [2.75, 3.05) is 0 Å². The maximum atomic E-state index is 13.2. The number of hydrogen-bond donors (Lipinski definition) is 2. The number of H-pyrrole nitrogens is 1. The van der Waals surface area contributed by atoms with Gasteiger partial charge in [-0.25, -0.2) is 4.68 Å². The fourth-order valence-corrected chi connectivity index (χ4v) is 1.11. The largest absolute Gasteiger partial charge is 0.480 e. The Labute approximate surface area is 79.1 Å². The van der Waals surface area contributed by atoms with Crippen LogP contribution in [-0.4, -0.2) is 20.9 Å². The van der Waals surface area contributed by atoms with Gasteiger partial charge in [-0.1, -0.05) is 13.8 Å². The van der Waals surface area contributed by atoms with Crippen molar-refractivity contribution in [1.82, 2.24) is 9.78 Å². The summed E-state index contributed by atoms with van der Waals surface area (Å²) in [5.74, 6) is -2.28. The Bertz CT molecular complexity index is 405. The molecule has 0 aliphatic heterocycles. The number of nitrogens with zero attached hydrogens (tertiary/aromatic N) is 1. The molecular formula is C8H11FN2O3. The van der Waals surface area contributed by atoms with E-state index in [1.807, 2.05) is 0 Å². The summed E-state index contributed by atoms with van der Waals surface area (Å²) in [6.45, 7) is 2.86. The van der Waals surface area contributed by atoms with Crippen molar-refractivity contribution in [3.8, 4) is 0 Å². The van der Waals surface area contributed by atoms with Crippen LogP contribution in [-0.2, 0) is 11.3 Å². The highest BCUT2D eigenvalue weighted by Crippen LogP contribution is 2.12. The van der Waals surface area contributed by atoms with Crippen LogP contribution >= 0.6 is 0 Å². The summed E-state index contributed by atoms with van der Waals surface area (Å²) in [6, 6.07) is 0. The van der Waals surface area contributed by atoms with Crippen molar-refractivity contribution in [2.45, 2.75) is 26.3 Å². The Hall–Kier alpha value is -1.59. The Kier molecular flexibility index (Phi) is 2.73. The van der Waals surface area contributed by atoms with Crippen molar-refractivity contribution in [3.63, 3.8) is 0 Å². The molecule has 0 amide bonds. The van der Waals surface area contributed by atoms with Gasteiger partial charge in [0.2, 0.25) is 5.82 Å². The fourth-order valence-electron chi connectivity index (χ4n) is 1.11. The third-order valence-electron chi connectivity index (χ3n) is 1.80. The van der Waals surface area contributed by atoms with E-state index in [1.165, 1.54) is 0 Å². The number of rotatable bonds is 3. The van der Waals surface area contributed by atoms with Crippen molar-refractivity contribution in [1.29, 1.82) is 0 Å². The van der Waals surface area contributed by atoms with Gasteiger partial charge in [0.1, 0.15) is 6.54 Å². The SMILES string of the molecule is CC(C)c1[nH]n(CC(=O)O)c(=O)c1F. The van der Waals surface area contributed by atoms with Crippen LogP contribution in [0.2, 0.25) is 0 Å². The van der Waals surface area contributed by atoms with Crippen molar-refractivity contribution < 1.29 is 14.3 Å². The minimum absolute atomic E-state index is 0.135. The molecule has 0 atom stereocenters. The van der Waals surface area contributed by atoms with Gasteiger partial charge in [-0.3, -0.25) is 14.7 Å². The van der Waals surface area contributed by atoms with Gasteiger partial charge in [0.05, 0.1) is 5.69 Å². The number of aliphatic carboxylic acids is 1. The first-order chi connectivity index (χ1) is 6.43. The highest BCUT2D eigenvalue weighted by atomic mass is 19.1. The van der Waals surface area contributed by atoms with Crippen molar-refractivity contribution in [2.24, 2.45) is 0 Å². The first-order valence-electron chi connectivity index (χ1n) is 4.13. The molecule has 1 aromatic heterocycles. The van der Waals surface area contributed by atoms with E-state index in [1.54, 1.807) is 13.8 Å². The lowest BCUT2D eigenvalue weighted by Gasteiger charge is -2.00. The zero-order valence-electron chi connectivity index (χ0n) is 7.87. The Morgan fingerprint density at radius 2 is 2.21 bits per heavy atom. The lowest BCUT2D eigenvalue weighted by molar-refractivity contribution is -0.137. The Morgan fingerprint density at radius 3 is 2.57 bits per heavy atom. The molecule has 0 saturated heterocycles. The van der Waals surface area contributed by atoms with Gasteiger partial charge in [-0.15, -0.1) is 0 Å². The number of carbonyl (C=O) groups is 1. The molecule has 1 aromatic rings. The summed E-state index contributed by atoms with van der Waals surface area (Å²) in [4.78, 5) is 21.4. The number of carboxylic acid groups (broad SMARTS) is 1. The molecule has 6 heteroatoms. The zero-order chi connectivity index (χ0) is 10.9. The predicted molar refractivity (Wildman–Crippen MR) is 46.7 cm³/mol. The molecule has 0 aromatic carbocycles. The minimum atomic E-state index is -1.19. The van der Waals surface area contributed by atoms with Crippen LogP contribution < -0.4 is 5.56 Å². The van der Waals surface area contributed by atoms with Gasteiger partial charge >= 0.3 is 11.5 Å². The zero-order valence-corrected chi connectivity index (χ0v) is 7.87. The summed E-state index contributed by atoms with van der Waals surface area (Å²) in [6.07, 6.45) is 0. The standard InChI is InChI=1S/C8H11FN2O3/c1-4(2)7-6(9)8(14)11(10-7)3-5(12)13/h4,10H,3H2,1-2H3,(H,12,13). The van der Waals surface area contributed by atoms with E-state index in [0.717, 1.165) is 4.68 Å². The number of aromatic amines is 1. The molecule has 1 heterocycles. The third kappa shape index (κ3) is 1.84. The number of carboxylic acids is 1. The van der Waals surface area contributed by atoms with E-state index in [0.29, 0.717) is 0 Å². The maximum absolute atomic E-state index is 13.2. The van der Waals surface area contributed by atoms with Crippen LogP contribution in [0.4, 0.5) is 4.39 Å². The maximum Gasteiger partial charge on any atom is 0.325 e. The van der Waals surface area contributed by atoms with Gasteiger partial charge < -0.3 is 5.11 Å². The average molecular weight is 202 g/mol. The number of hydrogen-bond acceptors (Lipinski definition) is 2. The molecule has 0 spiro atoms. The van der Waals surface area contributed by atoms with Crippen molar-refractivity contribution in [3.05, 3.63) is 21.9 Å². The molecule has 0 fully saturated rings. The van der Waals surface area contributed by atoms with E-state index in [2.05, 4.69) is 5.10 Å². The van der Waals surface area contributed by atoms with Crippen LogP contribution in [0, 0.1) is 5.82 Å². The van der Waals surface area contributed by atoms with Crippen molar-refractivity contribution >= 4 is 5.97 Å². The monoisotopic (exact) mass is 202 g/mol. The normalized spacial score (nSPS) is 10.9. The second-order valence-electron chi connectivity index (χ2n) is 3.28. The molecule has 0 unspecified atom stereocenters. The molecule has 0 aliphatic carbocycles. The summed E-state index contributed by atoms with van der Waals surface area (Å²) in [5, 5.41) is 10.9. The molecular weight excluding hydrogens is 191 g/mol. The number of aromatic nitrogens is 2. The highest BCUT2D eigenvalue weighted by Gasteiger charge is 2.17. The van der Waals surface area contributed by atoms with E-state index in [-0.39, 0.29) is 11.6 Å². The van der Waals surface area contributed by atoms with Gasteiger partial charge in [0.25, 0.3) is 0 Å². The minimum Gasteiger partial charge on any atom is -0.480 e. The van der Waals surface area contributed by atoms with E-state index in [4.69, 9.17) is 5.11 Å². The fraction of sp³-hybridized carbons (Fsp3) is 0.500. The summed E-state index contributed by atoms with van der Waals surface area (Å²) in [5.41, 5.74) is -0.785. The summed E-state index contributed by atoms with van der Waals surface area (Å²) in [7, 11) is 0. The van der Waals surface area contributed by atoms with E-state index in [9.17, 15) is 14.0 Å². The summed E-state index contributed by atoms with van der Waals surface area (Å²) >= 11 is 0. The first kappa shape index (κ1) is 10.5. The lowest BCUT2D eigenvalue weighted by atomic mass is 10.1. The molecule has 14 heavy (non-hydrogen) atoms. The number of nitrogens with one attached hydrogen (secondary N) is 1. The molecule has 0 aliphatic rings. The van der Waals surface area contributed by atoms with E-state index < -0.39 is 23.9 Å². The molecule has 78 valence electrons. The molecule has 5 nitrogen and oxygen atoms in total.